The topological polar surface area (TPSA) is 75.1 Å². The number of nitrogens with zero attached hydrogens (tertiary/aromatic N) is 3. The molecular formula is C17H25N3O4. The van der Waals surface area contributed by atoms with Gasteiger partial charge >= 0.3 is 0 Å². The Morgan fingerprint density at radius 3 is 2.96 bits per heavy atom. The Hall–Kier alpha value is -1.70. The smallest absolute Gasteiger partial charge is 0.254 e. The molecule has 1 aromatic rings. The van der Waals surface area contributed by atoms with Crippen LogP contribution >= 0.6 is 0 Å². The van der Waals surface area contributed by atoms with Gasteiger partial charge in [0, 0.05) is 30.9 Å². The first-order chi connectivity index (χ1) is 11.6. The average molecular weight is 335 g/mol. The van der Waals surface area contributed by atoms with Crippen LogP contribution in [0.25, 0.3) is 0 Å². The van der Waals surface area contributed by atoms with Crippen LogP contribution in [0.1, 0.15) is 23.2 Å². The predicted octanol–water partition coefficient (Wildman–Crippen LogP) is 0.389. The van der Waals surface area contributed by atoms with Gasteiger partial charge < -0.3 is 24.4 Å². The molecule has 0 saturated carbocycles. The van der Waals surface area contributed by atoms with Crippen molar-refractivity contribution in [3.63, 3.8) is 0 Å². The molecule has 0 aromatic carbocycles. The molecule has 1 amide bonds. The lowest BCUT2D eigenvalue weighted by Crippen LogP contribution is -2.53. The third-order valence-electron chi connectivity index (χ3n) is 4.56. The molecule has 7 nitrogen and oxygen atoms in total. The van der Waals surface area contributed by atoms with Crippen molar-refractivity contribution in [3.8, 4) is 5.88 Å². The molecule has 1 unspecified atom stereocenters. The summed E-state index contributed by atoms with van der Waals surface area (Å²) in [7, 11) is 1.52. The molecule has 2 aliphatic heterocycles. The maximum absolute atomic E-state index is 12.8. The number of carbonyl (C=O) groups excluding carboxylic acids is 1. The number of aliphatic hydroxyl groups is 1. The van der Waals surface area contributed by atoms with E-state index >= 15 is 0 Å². The number of pyridine rings is 1. The average Bonchev–Trinajstić information content (AvgIpc) is 3.01. The van der Waals surface area contributed by atoms with E-state index in [9.17, 15) is 9.90 Å². The van der Waals surface area contributed by atoms with Crippen LogP contribution in [0.2, 0.25) is 0 Å². The van der Waals surface area contributed by atoms with Crippen LogP contribution in [0.4, 0.5) is 0 Å². The first-order valence-electron chi connectivity index (χ1n) is 8.41. The van der Waals surface area contributed by atoms with Crippen molar-refractivity contribution in [2.75, 3.05) is 53.0 Å². The van der Waals surface area contributed by atoms with Crippen molar-refractivity contribution < 1.29 is 19.4 Å². The fourth-order valence-corrected chi connectivity index (χ4v) is 3.38. The van der Waals surface area contributed by atoms with Gasteiger partial charge in [0.05, 0.1) is 26.9 Å². The molecule has 2 saturated heterocycles. The number of rotatable bonds is 4. The van der Waals surface area contributed by atoms with Gasteiger partial charge in [-0.15, -0.1) is 0 Å². The largest absolute Gasteiger partial charge is 0.481 e. The van der Waals surface area contributed by atoms with Gasteiger partial charge in [-0.3, -0.25) is 4.79 Å². The van der Waals surface area contributed by atoms with Crippen LogP contribution in [-0.4, -0.2) is 84.4 Å². The summed E-state index contributed by atoms with van der Waals surface area (Å²) >= 11 is 0. The van der Waals surface area contributed by atoms with Crippen molar-refractivity contribution in [3.05, 3.63) is 23.9 Å². The molecular weight excluding hydrogens is 310 g/mol. The zero-order valence-corrected chi connectivity index (χ0v) is 14.1. The second kappa shape index (κ2) is 7.46. The lowest BCUT2D eigenvalue weighted by Gasteiger charge is -2.34. The maximum atomic E-state index is 12.8. The number of amides is 1. The summed E-state index contributed by atoms with van der Waals surface area (Å²) in [5, 5.41) is 11.0. The molecule has 132 valence electrons. The van der Waals surface area contributed by atoms with E-state index in [0.717, 1.165) is 25.9 Å². The molecule has 1 aromatic heterocycles. The van der Waals surface area contributed by atoms with Gasteiger partial charge in [-0.05, 0) is 32.0 Å². The van der Waals surface area contributed by atoms with E-state index in [-0.39, 0.29) is 19.1 Å². The number of aromatic nitrogens is 1. The van der Waals surface area contributed by atoms with Crippen molar-refractivity contribution in [1.29, 1.82) is 0 Å². The van der Waals surface area contributed by atoms with Crippen LogP contribution in [0.15, 0.2) is 18.3 Å². The molecule has 2 aliphatic rings. The number of hydrogen-bond donors (Lipinski definition) is 1. The fourth-order valence-electron chi connectivity index (χ4n) is 3.38. The summed E-state index contributed by atoms with van der Waals surface area (Å²) in [6.45, 7) is 3.95. The summed E-state index contributed by atoms with van der Waals surface area (Å²) in [6.07, 6.45) is 3.88. The molecule has 0 aliphatic carbocycles. The predicted molar refractivity (Wildman–Crippen MR) is 88.1 cm³/mol. The lowest BCUT2D eigenvalue weighted by atomic mass is 10.0. The SMILES string of the molecule is COc1cc(C(=O)N2CCOCC(O)(CN3CCCC3)C2)ccn1. The highest BCUT2D eigenvalue weighted by atomic mass is 16.5. The Balaban J connectivity index is 1.72. The molecule has 7 heteroatoms. The minimum absolute atomic E-state index is 0.138. The second-order valence-corrected chi connectivity index (χ2v) is 6.57. The van der Waals surface area contributed by atoms with Crippen LogP contribution in [0.3, 0.4) is 0 Å². The van der Waals surface area contributed by atoms with Crippen LogP contribution < -0.4 is 4.74 Å². The standard InChI is InChI=1S/C17H25N3O4/c1-23-15-10-14(4-5-18-15)16(21)20-8-9-24-13-17(22,12-20)11-19-6-2-3-7-19/h4-5,10,22H,2-3,6-9,11-13H2,1H3. The van der Waals surface area contributed by atoms with Gasteiger partial charge in [0.2, 0.25) is 5.88 Å². The molecule has 0 spiro atoms. The van der Waals surface area contributed by atoms with Crippen molar-refractivity contribution >= 4 is 5.91 Å². The second-order valence-electron chi connectivity index (χ2n) is 6.57. The van der Waals surface area contributed by atoms with Gasteiger partial charge in [0.25, 0.3) is 5.91 Å². The third-order valence-corrected chi connectivity index (χ3v) is 4.56. The highest BCUT2D eigenvalue weighted by Gasteiger charge is 2.36. The summed E-state index contributed by atoms with van der Waals surface area (Å²) in [5.74, 6) is 0.264. The highest BCUT2D eigenvalue weighted by Crippen LogP contribution is 2.20. The highest BCUT2D eigenvalue weighted by molar-refractivity contribution is 5.94. The van der Waals surface area contributed by atoms with Gasteiger partial charge in [0.15, 0.2) is 0 Å². The van der Waals surface area contributed by atoms with E-state index < -0.39 is 5.60 Å². The van der Waals surface area contributed by atoms with E-state index in [1.165, 1.54) is 7.11 Å². The minimum Gasteiger partial charge on any atom is -0.481 e. The Morgan fingerprint density at radius 2 is 2.21 bits per heavy atom. The van der Waals surface area contributed by atoms with Crippen molar-refractivity contribution in [1.82, 2.24) is 14.8 Å². The summed E-state index contributed by atoms with van der Waals surface area (Å²) in [6, 6.07) is 3.28. The van der Waals surface area contributed by atoms with Gasteiger partial charge in [-0.1, -0.05) is 0 Å². The van der Waals surface area contributed by atoms with Crippen LogP contribution in [0.5, 0.6) is 5.88 Å². The van der Waals surface area contributed by atoms with Crippen molar-refractivity contribution in [2.45, 2.75) is 18.4 Å². The Bertz CT molecular complexity index is 577. The first kappa shape index (κ1) is 17.1. The number of likely N-dealkylation sites (tertiary alicyclic amines) is 1. The lowest BCUT2D eigenvalue weighted by molar-refractivity contribution is -0.0524. The minimum atomic E-state index is -1.03. The van der Waals surface area contributed by atoms with Gasteiger partial charge in [-0.25, -0.2) is 4.98 Å². The van der Waals surface area contributed by atoms with E-state index in [1.807, 2.05) is 0 Å². The van der Waals surface area contributed by atoms with Gasteiger partial charge in [0.1, 0.15) is 5.60 Å². The normalized spacial score (nSPS) is 25.5. The maximum Gasteiger partial charge on any atom is 0.254 e. The zero-order chi connectivity index (χ0) is 17.0. The molecule has 0 bridgehead atoms. The Kier molecular flexibility index (Phi) is 5.33. The monoisotopic (exact) mass is 335 g/mol. The number of methoxy groups -OCH3 is 1. The van der Waals surface area contributed by atoms with E-state index in [1.54, 1.807) is 23.2 Å². The van der Waals surface area contributed by atoms with Crippen LogP contribution in [-0.2, 0) is 4.74 Å². The summed E-state index contributed by atoms with van der Waals surface area (Å²) in [4.78, 5) is 20.7. The summed E-state index contributed by atoms with van der Waals surface area (Å²) < 4.78 is 10.7. The molecule has 3 rings (SSSR count). The summed E-state index contributed by atoms with van der Waals surface area (Å²) in [5.41, 5.74) is -0.527. The zero-order valence-electron chi connectivity index (χ0n) is 14.1. The van der Waals surface area contributed by atoms with Crippen LogP contribution in [0, 0.1) is 0 Å². The Morgan fingerprint density at radius 1 is 1.42 bits per heavy atom. The van der Waals surface area contributed by atoms with Crippen molar-refractivity contribution in [2.24, 2.45) is 0 Å². The molecule has 0 radical (unpaired) electrons. The van der Waals surface area contributed by atoms with E-state index in [0.29, 0.717) is 31.1 Å². The van der Waals surface area contributed by atoms with E-state index in [2.05, 4.69) is 9.88 Å². The van der Waals surface area contributed by atoms with E-state index in [4.69, 9.17) is 9.47 Å². The molecule has 3 heterocycles. The molecule has 24 heavy (non-hydrogen) atoms. The molecule has 2 fully saturated rings. The quantitative estimate of drug-likeness (QED) is 0.858. The third kappa shape index (κ3) is 4.03. The number of ether oxygens (including phenoxy) is 2. The number of hydrogen-bond acceptors (Lipinski definition) is 6. The Labute approximate surface area is 142 Å². The molecule has 1 atom stereocenters. The first-order valence-corrected chi connectivity index (χ1v) is 8.41. The number of carbonyl (C=O) groups is 1. The van der Waals surface area contributed by atoms with Gasteiger partial charge in [-0.2, -0.15) is 0 Å². The fraction of sp³-hybridized carbons (Fsp3) is 0.647. The molecule has 1 N–H and O–H groups in total. The number of β-amino-alcohol motifs (C(OH)–C–C–N with tert-alkyl or cyclic N) is 1.